The minimum Gasteiger partial charge on any atom is -0.326 e. The van der Waals surface area contributed by atoms with Crippen LogP contribution >= 0.6 is 0 Å². The number of aryl methyl sites for hydroxylation is 1. The fourth-order valence-electron chi connectivity index (χ4n) is 2.77. The molecule has 0 aromatic heterocycles. The van der Waals surface area contributed by atoms with Crippen molar-refractivity contribution in [2.24, 2.45) is 5.92 Å². The minimum absolute atomic E-state index is 0.0420. The third-order valence-corrected chi connectivity index (χ3v) is 4.19. The lowest BCUT2D eigenvalue weighted by Crippen LogP contribution is -2.28. The van der Waals surface area contributed by atoms with E-state index in [1.807, 2.05) is 31.2 Å². The second kappa shape index (κ2) is 6.72. The number of carbonyl (C=O) groups is 2. The molecule has 0 aliphatic carbocycles. The molecule has 2 aromatic carbocycles. The summed E-state index contributed by atoms with van der Waals surface area (Å²) in [5.41, 5.74) is 2.31. The third kappa shape index (κ3) is 3.65. The Morgan fingerprint density at radius 1 is 1.16 bits per heavy atom. The molecule has 25 heavy (non-hydrogen) atoms. The standard InChI is InChI=1S/C18H17N3O4/c1-12-2-6-15(7-3-12)20-11-13(10-17(20)22)18(23)19-14-4-8-16(9-5-14)21(24)25/h2-9,13H,10-11H2,1H3,(H,19,23). The first-order chi connectivity index (χ1) is 11.9. The Hall–Kier alpha value is -3.22. The minimum atomic E-state index is -0.499. The molecule has 2 amide bonds. The lowest BCUT2D eigenvalue weighted by molar-refractivity contribution is -0.384. The van der Waals surface area contributed by atoms with E-state index < -0.39 is 10.8 Å². The fraction of sp³-hybridized carbons (Fsp3) is 0.222. The summed E-state index contributed by atoms with van der Waals surface area (Å²) in [6.07, 6.45) is 0.146. The smallest absolute Gasteiger partial charge is 0.269 e. The van der Waals surface area contributed by atoms with Crippen molar-refractivity contribution in [2.75, 3.05) is 16.8 Å². The number of nitro groups is 1. The van der Waals surface area contributed by atoms with E-state index in [9.17, 15) is 19.7 Å². The number of nitrogens with one attached hydrogen (secondary N) is 1. The molecule has 1 N–H and O–H groups in total. The zero-order valence-electron chi connectivity index (χ0n) is 13.6. The monoisotopic (exact) mass is 339 g/mol. The van der Waals surface area contributed by atoms with Crippen LogP contribution in [0.25, 0.3) is 0 Å². The van der Waals surface area contributed by atoms with Gasteiger partial charge in [-0.2, -0.15) is 0 Å². The largest absolute Gasteiger partial charge is 0.326 e. The Bertz CT molecular complexity index is 815. The van der Waals surface area contributed by atoms with Crippen molar-refractivity contribution < 1.29 is 14.5 Å². The van der Waals surface area contributed by atoms with Crippen LogP contribution in [0.3, 0.4) is 0 Å². The maximum Gasteiger partial charge on any atom is 0.269 e. The Morgan fingerprint density at radius 3 is 2.40 bits per heavy atom. The molecular weight excluding hydrogens is 322 g/mol. The number of rotatable bonds is 4. The summed E-state index contributed by atoms with van der Waals surface area (Å²) in [6, 6.07) is 13.2. The molecule has 0 radical (unpaired) electrons. The highest BCUT2D eigenvalue weighted by molar-refractivity contribution is 6.03. The summed E-state index contributed by atoms with van der Waals surface area (Å²) in [6.45, 7) is 2.29. The lowest BCUT2D eigenvalue weighted by atomic mass is 10.1. The van der Waals surface area contributed by atoms with Crippen LogP contribution in [0.4, 0.5) is 17.1 Å². The molecule has 7 heteroatoms. The van der Waals surface area contributed by atoms with Crippen LogP contribution in [0.5, 0.6) is 0 Å². The topological polar surface area (TPSA) is 92.6 Å². The van der Waals surface area contributed by atoms with Crippen LogP contribution in [0.1, 0.15) is 12.0 Å². The number of nitrogens with zero attached hydrogens (tertiary/aromatic N) is 2. The number of hydrogen-bond donors (Lipinski definition) is 1. The Morgan fingerprint density at radius 2 is 1.80 bits per heavy atom. The number of anilines is 2. The lowest BCUT2D eigenvalue weighted by Gasteiger charge is -2.17. The Balaban J connectivity index is 1.66. The average Bonchev–Trinajstić information content (AvgIpc) is 2.98. The first-order valence-corrected chi connectivity index (χ1v) is 7.86. The predicted molar refractivity (Wildman–Crippen MR) is 93.4 cm³/mol. The van der Waals surface area contributed by atoms with Crippen molar-refractivity contribution >= 4 is 28.9 Å². The number of non-ortho nitro benzene ring substituents is 1. The zero-order valence-corrected chi connectivity index (χ0v) is 13.6. The SMILES string of the molecule is Cc1ccc(N2CC(C(=O)Nc3ccc([N+](=O)[O-])cc3)CC2=O)cc1. The van der Waals surface area contributed by atoms with Gasteiger partial charge in [-0.05, 0) is 31.2 Å². The first-order valence-electron chi connectivity index (χ1n) is 7.86. The quantitative estimate of drug-likeness (QED) is 0.685. The van der Waals surface area contributed by atoms with Gasteiger partial charge in [0.1, 0.15) is 0 Å². The molecule has 7 nitrogen and oxygen atoms in total. The van der Waals surface area contributed by atoms with Gasteiger partial charge in [0.2, 0.25) is 11.8 Å². The molecule has 1 heterocycles. The highest BCUT2D eigenvalue weighted by Gasteiger charge is 2.35. The number of hydrogen-bond acceptors (Lipinski definition) is 4. The zero-order chi connectivity index (χ0) is 18.0. The summed E-state index contributed by atoms with van der Waals surface area (Å²) in [4.78, 5) is 36.4. The van der Waals surface area contributed by atoms with E-state index in [1.165, 1.54) is 24.3 Å². The molecule has 0 saturated carbocycles. The van der Waals surface area contributed by atoms with Gasteiger partial charge in [-0.3, -0.25) is 19.7 Å². The van der Waals surface area contributed by atoms with E-state index in [2.05, 4.69) is 5.32 Å². The molecule has 128 valence electrons. The molecule has 1 atom stereocenters. The highest BCUT2D eigenvalue weighted by atomic mass is 16.6. The van der Waals surface area contributed by atoms with Gasteiger partial charge in [-0.25, -0.2) is 0 Å². The molecular formula is C18H17N3O4. The predicted octanol–water partition coefficient (Wildman–Crippen LogP) is 2.89. The molecule has 1 fully saturated rings. The molecule has 1 saturated heterocycles. The van der Waals surface area contributed by atoms with Gasteiger partial charge < -0.3 is 10.2 Å². The van der Waals surface area contributed by atoms with Crippen LogP contribution in [0.15, 0.2) is 48.5 Å². The van der Waals surface area contributed by atoms with Crippen molar-refractivity contribution in [3.8, 4) is 0 Å². The summed E-state index contributed by atoms with van der Waals surface area (Å²) in [5, 5.41) is 13.4. The molecule has 0 bridgehead atoms. The summed E-state index contributed by atoms with van der Waals surface area (Å²) in [5.74, 6) is -0.812. The summed E-state index contributed by atoms with van der Waals surface area (Å²) >= 11 is 0. The Kier molecular flexibility index (Phi) is 4.47. The maximum absolute atomic E-state index is 12.4. The van der Waals surface area contributed by atoms with Crippen LogP contribution in [0, 0.1) is 23.0 Å². The van der Waals surface area contributed by atoms with Gasteiger partial charge >= 0.3 is 0 Å². The molecule has 3 rings (SSSR count). The van der Waals surface area contributed by atoms with Crippen molar-refractivity contribution in [3.05, 3.63) is 64.2 Å². The van der Waals surface area contributed by atoms with Crippen molar-refractivity contribution in [1.82, 2.24) is 0 Å². The van der Waals surface area contributed by atoms with E-state index in [-0.39, 0.29) is 23.9 Å². The second-order valence-electron chi connectivity index (χ2n) is 6.03. The van der Waals surface area contributed by atoms with Gasteiger partial charge in [0.05, 0.1) is 10.8 Å². The van der Waals surface area contributed by atoms with Crippen molar-refractivity contribution in [2.45, 2.75) is 13.3 Å². The van der Waals surface area contributed by atoms with Crippen LogP contribution in [-0.2, 0) is 9.59 Å². The normalized spacial score (nSPS) is 16.8. The molecule has 1 aliphatic heterocycles. The van der Waals surface area contributed by atoms with Crippen molar-refractivity contribution in [1.29, 1.82) is 0 Å². The Labute approximate surface area is 144 Å². The van der Waals surface area contributed by atoms with Crippen molar-refractivity contribution in [3.63, 3.8) is 0 Å². The second-order valence-corrected chi connectivity index (χ2v) is 6.03. The summed E-state index contributed by atoms with van der Waals surface area (Å²) < 4.78 is 0. The highest BCUT2D eigenvalue weighted by Crippen LogP contribution is 2.26. The third-order valence-electron chi connectivity index (χ3n) is 4.19. The van der Waals surface area contributed by atoms with Crippen LogP contribution in [-0.4, -0.2) is 23.3 Å². The van der Waals surface area contributed by atoms with E-state index in [1.54, 1.807) is 4.90 Å². The van der Waals surface area contributed by atoms with E-state index >= 15 is 0 Å². The molecule has 1 aliphatic rings. The van der Waals surface area contributed by atoms with Crippen LogP contribution in [0.2, 0.25) is 0 Å². The van der Waals surface area contributed by atoms with Gasteiger partial charge in [0.15, 0.2) is 0 Å². The van der Waals surface area contributed by atoms with Crippen LogP contribution < -0.4 is 10.2 Å². The van der Waals surface area contributed by atoms with Gasteiger partial charge in [-0.15, -0.1) is 0 Å². The van der Waals surface area contributed by atoms with Gasteiger partial charge in [0, 0.05) is 36.5 Å². The summed E-state index contributed by atoms with van der Waals surface area (Å²) in [7, 11) is 0. The number of nitro benzene ring substituents is 1. The molecule has 1 unspecified atom stereocenters. The number of benzene rings is 2. The maximum atomic E-state index is 12.4. The van der Waals surface area contributed by atoms with E-state index in [0.717, 1.165) is 11.3 Å². The van der Waals surface area contributed by atoms with E-state index in [0.29, 0.717) is 12.2 Å². The average molecular weight is 339 g/mol. The fourth-order valence-corrected chi connectivity index (χ4v) is 2.77. The first kappa shape index (κ1) is 16.6. The number of carbonyl (C=O) groups excluding carboxylic acids is 2. The number of amides is 2. The molecule has 2 aromatic rings. The van der Waals surface area contributed by atoms with E-state index in [4.69, 9.17) is 0 Å². The van der Waals surface area contributed by atoms with Gasteiger partial charge in [-0.1, -0.05) is 17.7 Å². The molecule has 0 spiro atoms. The van der Waals surface area contributed by atoms with Gasteiger partial charge in [0.25, 0.3) is 5.69 Å².